The standard InChI is InChI=1S/C30H34FN9O4S2/c1-20(22-11-15-24(16-12-22)45(41,42)39(3)4)35-37-28-19-29(34-30(33-28)32-27-10-8-7-9-26(27)31)38-36-21(2)23-13-17-25(18-14-23)46(43,44)40(5)6/h7-19H,1-6H3,(H3,32,33,34,37,38). The van der Waals surface area contributed by atoms with E-state index in [-0.39, 0.29) is 33.1 Å². The lowest BCUT2D eigenvalue weighted by Crippen LogP contribution is -2.22. The molecule has 0 fully saturated rings. The SMILES string of the molecule is CC(=NNc1cc(NN=C(C)c2ccc(S(=O)(=O)N(C)C)cc2)nc(Nc2ccccc2F)n1)c1ccc(S(=O)(=O)N(C)C)cc1. The van der Waals surface area contributed by atoms with Crippen LogP contribution in [0.4, 0.5) is 27.7 Å². The first-order valence-corrected chi connectivity index (χ1v) is 16.6. The minimum atomic E-state index is -3.57. The number of hydrogen-bond donors (Lipinski definition) is 3. The van der Waals surface area contributed by atoms with Crippen LogP contribution in [-0.2, 0) is 20.0 Å². The number of rotatable bonds is 12. The van der Waals surface area contributed by atoms with Gasteiger partial charge in [-0.3, -0.25) is 10.9 Å². The summed E-state index contributed by atoms with van der Waals surface area (Å²) in [6, 6.07) is 20.2. The quantitative estimate of drug-likeness (QED) is 0.146. The number of nitrogens with one attached hydrogen (secondary N) is 3. The molecule has 4 rings (SSSR count). The zero-order chi connectivity index (χ0) is 33.6. The van der Waals surface area contributed by atoms with Gasteiger partial charge in [0, 0.05) is 34.3 Å². The van der Waals surface area contributed by atoms with E-state index in [0.29, 0.717) is 22.6 Å². The molecular formula is C30H34FN9O4S2. The molecule has 0 saturated heterocycles. The maximum atomic E-state index is 14.4. The Labute approximate surface area is 268 Å². The second-order valence-electron chi connectivity index (χ2n) is 10.3. The van der Waals surface area contributed by atoms with E-state index in [4.69, 9.17) is 0 Å². The number of aromatic nitrogens is 2. The molecule has 0 aliphatic carbocycles. The fourth-order valence-corrected chi connectivity index (χ4v) is 5.67. The first kappa shape index (κ1) is 34.1. The van der Waals surface area contributed by atoms with Crippen molar-refractivity contribution in [1.82, 2.24) is 18.6 Å². The third kappa shape index (κ3) is 8.08. The van der Waals surface area contributed by atoms with Gasteiger partial charge in [0.05, 0.1) is 26.9 Å². The molecule has 0 amide bonds. The Hall–Kier alpha value is -4.77. The molecule has 3 aromatic carbocycles. The summed E-state index contributed by atoms with van der Waals surface area (Å²) >= 11 is 0. The minimum absolute atomic E-state index is 0.0507. The summed E-state index contributed by atoms with van der Waals surface area (Å²) in [6.07, 6.45) is 0. The van der Waals surface area contributed by atoms with Crippen molar-refractivity contribution in [2.45, 2.75) is 23.6 Å². The van der Waals surface area contributed by atoms with E-state index in [0.717, 1.165) is 8.61 Å². The fraction of sp³-hybridized carbons (Fsp3) is 0.200. The molecule has 1 heterocycles. The van der Waals surface area contributed by atoms with E-state index in [1.54, 1.807) is 56.3 Å². The second kappa shape index (κ2) is 14.1. The van der Waals surface area contributed by atoms with Gasteiger partial charge in [0.2, 0.25) is 26.0 Å². The van der Waals surface area contributed by atoms with Gasteiger partial charge in [0.25, 0.3) is 0 Å². The van der Waals surface area contributed by atoms with E-state index in [9.17, 15) is 21.2 Å². The highest BCUT2D eigenvalue weighted by molar-refractivity contribution is 7.89. The Kier molecular flexibility index (Phi) is 10.5. The van der Waals surface area contributed by atoms with Crippen molar-refractivity contribution in [2.24, 2.45) is 10.2 Å². The van der Waals surface area contributed by atoms with Crippen LogP contribution in [0.25, 0.3) is 0 Å². The maximum absolute atomic E-state index is 14.4. The smallest absolute Gasteiger partial charge is 0.242 e. The van der Waals surface area contributed by atoms with Crippen LogP contribution < -0.4 is 16.2 Å². The average molecular weight is 668 g/mol. The van der Waals surface area contributed by atoms with Gasteiger partial charge < -0.3 is 5.32 Å². The van der Waals surface area contributed by atoms with E-state index >= 15 is 0 Å². The molecule has 16 heteroatoms. The van der Waals surface area contributed by atoms with Gasteiger partial charge >= 0.3 is 0 Å². The molecule has 46 heavy (non-hydrogen) atoms. The summed E-state index contributed by atoms with van der Waals surface area (Å²) in [5.74, 6) is 0.0399. The zero-order valence-electron chi connectivity index (χ0n) is 26.0. The van der Waals surface area contributed by atoms with Crippen molar-refractivity contribution in [2.75, 3.05) is 44.4 Å². The number of hydrogen-bond acceptors (Lipinski definition) is 11. The molecule has 242 valence electrons. The van der Waals surface area contributed by atoms with Gasteiger partial charge in [0.15, 0.2) is 11.6 Å². The molecule has 0 bridgehead atoms. The number of anilines is 4. The molecule has 4 aromatic rings. The highest BCUT2D eigenvalue weighted by Crippen LogP contribution is 2.22. The van der Waals surface area contributed by atoms with Crippen molar-refractivity contribution in [3.8, 4) is 0 Å². The van der Waals surface area contributed by atoms with Gasteiger partial charge in [-0.15, -0.1) is 0 Å². The van der Waals surface area contributed by atoms with Crippen LogP contribution in [0.1, 0.15) is 25.0 Å². The predicted octanol–water partition coefficient (Wildman–Crippen LogP) is 4.53. The number of hydrazone groups is 2. The van der Waals surface area contributed by atoms with Crippen LogP contribution in [0.2, 0.25) is 0 Å². The second-order valence-corrected chi connectivity index (χ2v) is 14.6. The van der Waals surface area contributed by atoms with Crippen LogP contribution in [0.5, 0.6) is 0 Å². The Morgan fingerprint density at radius 2 is 1.09 bits per heavy atom. The van der Waals surface area contributed by atoms with Gasteiger partial charge in [-0.05, 0) is 61.4 Å². The number of benzene rings is 3. The average Bonchev–Trinajstić information content (AvgIpc) is 3.03. The summed E-state index contributed by atoms with van der Waals surface area (Å²) in [6.45, 7) is 3.48. The van der Waals surface area contributed by atoms with Gasteiger partial charge in [-0.1, -0.05) is 36.4 Å². The first-order chi connectivity index (χ1) is 21.7. The molecule has 13 nitrogen and oxygen atoms in total. The van der Waals surface area contributed by atoms with Crippen molar-refractivity contribution >= 4 is 54.7 Å². The lowest BCUT2D eigenvalue weighted by Gasteiger charge is -2.12. The molecule has 0 atom stereocenters. The normalized spacial score (nSPS) is 12.8. The Morgan fingerprint density at radius 1 is 0.674 bits per heavy atom. The van der Waals surface area contributed by atoms with Crippen molar-refractivity contribution in [3.05, 3.63) is 95.8 Å². The summed E-state index contributed by atoms with van der Waals surface area (Å²) in [4.78, 5) is 9.09. The molecule has 3 N–H and O–H groups in total. The lowest BCUT2D eigenvalue weighted by molar-refractivity contribution is 0.519. The van der Waals surface area contributed by atoms with Crippen molar-refractivity contribution < 1.29 is 21.2 Å². The zero-order valence-corrected chi connectivity index (χ0v) is 27.6. The molecule has 0 radical (unpaired) electrons. The third-order valence-electron chi connectivity index (χ3n) is 6.62. The highest BCUT2D eigenvalue weighted by Gasteiger charge is 2.18. The van der Waals surface area contributed by atoms with Crippen LogP contribution in [0.3, 0.4) is 0 Å². The summed E-state index contributed by atoms with van der Waals surface area (Å²) in [5.41, 5.74) is 8.31. The third-order valence-corrected chi connectivity index (χ3v) is 10.3. The molecule has 0 aliphatic rings. The van der Waals surface area contributed by atoms with Crippen LogP contribution in [0.15, 0.2) is 98.9 Å². The number of halogens is 1. The maximum Gasteiger partial charge on any atom is 0.242 e. The van der Waals surface area contributed by atoms with Crippen LogP contribution in [-0.4, -0.2) is 75.0 Å². The molecule has 1 aromatic heterocycles. The van der Waals surface area contributed by atoms with E-state index in [1.807, 2.05) is 0 Å². The monoisotopic (exact) mass is 667 g/mol. The largest absolute Gasteiger partial charge is 0.322 e. The Bertz CT molecular complexity index is 1860. The molecule has 0 aliphatic heterocycles. The van der Waals surface area contributed by atoms with E-state index in [1.165, 1.54) is 64.6 Å². The van der Waals surface area contributed by atoms with E-state index < -0.39 is 25.9 Å². The molecule has 0 unspecified atom stereocenters. The summed E-state index contributed by atoms with van der Waals surface area (Å²) in [7, 11) is -1.29. The van der Waals surface area contributed by atoms with Gasteiger partial charge in [0.1, 0.15) is 5.82 Å². The van der Waals surface area contributed by atoms with Crippen molar-refractivity contribution in [1.29, 1.82) is 0 Å². The fourth-order valence-electron chi connectivity index (χ4n) is 3.87. The van der Waals surface area contributed by atoms with Gasteiger partial charge in [-0.25, -0.2) is 29.8 Å². The van der Waals surface area contributed by atoms with Crippen molar-refractivity contribution in [3.63, 3.8) is 0 Å². The summed E-state index contributed by atoms with van der Waals surface area (Å²) < 4.78 is 66.2. The number of nitrogens with zero attached hydrogens (tertiary/aromatic N) is 6. The lowest BCUT2D eigenvalue weighted by atomic mass is 10.1. The molecule has 0 saturated carbocycles. The molecular weight excluding hydrogens is 634 g/mol. The van der Waals surface area contributed by atoms with Crippen LogP contribution >= 0.6 is 0 Å². The Morgan fingerprint density at radius 3 is 1.48 bits per heavy atom. The Balaban J connectivity index is 1.59. The highest BCUT2D eigenvalue weighted by atomic mass is 32.2. The minimum Gasteiger partial charge on any atom is -0.322 e. The predicted molar refractivity (Wildman–Crippen MR) is 178 cm³/mol. The first-order valence-electron chi connectivity index (χ1n) is 13.8. The number of sulfonamides is 2. The van der Waals surface area contributed by atoms with Gasteiger partial charge in [-0.2, -0.15) is 20.2 Å². The number of para-hydroxylation sites is 1. The van der Waals surface area contributed by atoms with E-state index in [2.05, 4.69) is 36.3 Å². The molecule has 0 spiro atoms. The topological polar surface area (TPSA) is 161 Å². The van der Waals surface area contributed by atoms with Crippen LogP contribution in [0, 0.1) is 5.82 Å². The summed E-state index contributed by atoms with van der Waals surface area (Å²) in [5, 5.41) is 11.6.